The summed E-state index contributed by atoms with van der Waals surface area (Å²) in [5.41, 5.74) is 2.24. The predicted molar refractivity (Wildman–Crippen MR) is 91.0 cm³/mol. The monoisotopic (exact) mass is 328 g/mol. The van der Waals surface area contributed by atoms with Gasteiger partial charge in [-0.1, -0.05) is 48.9 Å². The lowest BCUT2D eigenvalue weighted by atomic mass is 10.0. The number of pyridine rings is 1. The summed E-state index contributed by atoms with van der Waals surface area (Å²) in [6.07, 6.45) is 1.72. The van der Waals surface area contributed by atoms with E-state index in [-0.39, 0.29) is 5.56 Å². The molecular weight excluding hydrogens is 312 g/mol. The van der Waals surface area contributed by atoms with Crippen molar-refractivity contribution in [3.63, 3.8) is 0 Å². The first-order valence-electron chi connectivity index (χ1n) is 7.53. The van der Waals surface area contributed by atoms with Crippen molar-refractivity contribution in [1.82, 2.24) is 9.38 Å². The Balaban J connectivity index is 2.23. The maximum absolute atomic E-state index is 12.9. The molecule has 0 aliphatic rings. The zero-order valence-corrected chi connectivity index (χ0v) is 13.5. The minimum atomic E-state index is -0.762. The fourth-order valence-electron chi connectivity index (χ4n) is 2.60. The van der Waals surface area contributed by atoms with Crippen molar-refractivity contribution < 1.29 is 5.11 Å². The molecule has 2 heterocycles. The summed E-state index contributed by atoms with van der Waals surface area (Å²) in [6, 6.07) is 13.0. The van der Waals surface area contributed by atoms with E-state index in [4.69, 9.17) is 11.6 Å². The molecule has 3 aromatic rings. The summed E-state index contributed by atoms with van der Waals surface area (Å²) in [5, 5.41) is 10.8. The molecule has 1 unspecified atom stereocenters. The number of benzene rings is 1. The Morgan fingerprint density at radius 2 is 1.96 bits per heavy atom. The average Bonchev–Trinajstić information content (AvgIpc) is 2.58. The maximum Gasteiger partial charge on any atom is 0.261 e. The van der Waals surface area contributed by atoms with Crippen LogP contribution >= 0.6 is 11.6 Å². The van der Waals surface area contributed by atoms with Crippen molar-refractivity contribution in [2.75, 3.05) is 0 Å². The molecule has 0 fully saturated rings. The molecule has 1 atom stereocenters. The van der Waals surface area contributed by atoms with E-state index in [1.807, 2.05) is 37.3 Å². The van der Waals surface area contributed by atoms with E-state index >= 15 is 0 Å². The highest BCUT2D eigenvalue weighted by molar-refractivity contribution is 6.30. The van der Waals surface area contributed by atoms with Crippen LogP contribution in [0.15, 0.2) is 53.5 Å². The van der Waals surface area contributed by atoms with Crippen LogP contribution in [0.25, 0.3) is 5.65 Å². The zero-order chi connectivity index (χ0) is 16.4. The molecule has 0 amide bonds. The number of halogens is 1. The smallest absolute Gasteiger partial charge is 0.261 e. The van der Waals surface area contributed by atoms with Crippen LogP contribution in [0, 0.1) is 0 Å². The highest BCUT2D eigenvalue weighted by Gasteiger charge is 2.18. The van der Waals surface area contributed by atoms with Gasteiger partial charge in [0.05, 0.1) is 16.8 Å². The van der Waals surface area contributed by atoms with Crippen molar-refractivity contribution in [3.8, 4) is 0 Å². The minimum Gasteiger partial charge on any atom is -0.387 e. The second kappa shape index (κ2) is 6.52. The minimum absolute atomic E-state index is 0.191. The Morgan fingerprint density at radius 1 is 1.22 bits per heavy atom. The third-order valence-corrected chi connectivity index (χ3v) is 4.06. The molecule has 0 radical (unpaired) electrons. The second-order valence-electron chi connectivity index (χ2n) is 5.44. The van der Waals surface area contributed by atoms with Crippen LogP contribution in [0.1, 0.15) is 36.3 Å². The Kier molecular flexibility index (Phi) is 4.46. The summed E-state index contributed by atoms with van der Waals surface area (Å²) in [7, 11) is 0. The van der Waals surface area contributed by atoms with Gasteiger partial charge in [-0.25, -0.2) is 4.98 Å². The van der Waals surface area contributed by atoms with Crippen molar-refractivity contribution >= 4 is 17.2 Å². The molecule has 5 heteroatoms. The van der Waals surface area contributed by atoms with E-state index in [1.54, 1.807) is 18.3 Å². The normalized spacial score (nSPS) is 12.5. The highest BCUT2D eigenvalue weighted by atomic mass is 35.5. The first kappa shape index (κ1) is 15.7. The molecule has 0 aliphatic carbocycles. The molecule has 0 saturated heterocycles. The Hall–Kier alpha value is -2.17. The molecule has 0 aliphatic heterocycles. The van der Waals surface area contributed by atoms with Crippen molar-refractivity contribution in [3.05, 3.63) is 80.9 Å². The van der Waals surface area contributed by atoms with Gasteiger partial charge in [-0.15, -0.1) is 0 Å². The third kappa shape index (κ3) is 3.14. The van der Waals surface area contributed by atoms with Gasteiger partial charge in [-0.2, -0.15) is 0 Å². The molecular formula is C18H17ClN2O2. The summed E-state index contributed by atoms with van der Waals surface area (Å²) < 4.78 is 1.44. The lowest BCUT2D eigenvalue weighted by Crippen LogP contribution is -2.24. The van der Waals surface area contributed by atoms with Crippen LogP contribution in [-0.4, -0.2) is 14.5 Å². The number of hydrogen-bond acceptors (Lipinski definition) is 3. The van der Waals surface area contributed by atoms with Crippen LogP contribution in [-0.2, 0) is 6.42 Å². The number of fused-ring (bicyclic) bond motifs is 1. The van der Waals surface area contributed by atoms with Gasteiger partial charge in [-0.3, -0.25) is 9.20 Å². The quantitative estimate of drug-likeness (QED) is 0.798. The lowest BCUT2D eigenvalue weighted by Gasteiger charge is -2.14. The van der Waals surface area contributed by atoms with E-state index in [0.29, 0.717) is 34.8 Å². The molecule has 4 nitrogen and oxygen atoms in total. The number of aromatic nitrogens is 2. The van der Waals surface area contributed by atoms with Gasteiger partial charge in [0.15, 0.2) is 0 Å². The number of aliphatic hydroxyl groups excluding tert-OH is 1. The van der Waals surface area contributed by atoms with E-state index in [9.17, 15) is 9.90 Å². The molecule has 1 aromatic carbocycles. The molecule has 2 aromatic heterocycles. The number of aliphatic hydroxyl groups is 1. The summed E-state index contributed by atoms with van der Waals surface area (Å²) >= 11 is 6.00. The van der Waals surface area contributed by atoms with Crippen LogP contribution in [0.5, 0.6) is 0 Å². The molecule has 1 N–H and O–H groups in total. The SMILES string of the molecule is CCC(O)c1nc2ccc(Cl)cn2c(=O)c1Cc1ccccc1. The fraction of sp³-hybridized carbons (Fsp3) is 0.222. The van der Waals surface area contributed by atoms with E-state index in [2.05, 4.69) is 4.98 Å². The van der Waals surface area contributed by atoms with E-state index in [0.717, 1.165) is 5.56 Å². The Labute approximate surface area is 139 Å². The average molecular weight is 329 g/mol. The second-order valence-corrected chi connectivity index (χ2v) is 5.88. The standard InChI is InChI=1S/C18H17ClN2O2/c1-2-15(22)17-14(10-12-6-4-3-5-7-12)18(23)21-11-13(19)8-9-16(21)20-17/h3-9,11,15,22H,2,10H2,1H3. The number of nitrogens with zero attached hydrogens (tertiary/aromatic N) is 2. The van der Waals surface area contributed by atoms with Gasteiger partial charge < -0.3 is 5.11 Å². The van der Waals surface area contributed by atoms with Gasteiger partial charge in [0.1, 0.15) is 5.65 Å². The van der Waals surface area contributed by atoms with Crippen LogP contribution in [0.3, 0.4) is 0 Å². The van der Waals surface area contributed by atoms with Gasteiger partial charge in [-0.05, 0) is 24.1 Å². The lowest BCUT2D eigenvalue weighted by molar-refractivity contribution is 0.168. The number of hydrogen-bond donors (Lipinski definition) is 1. The van der Waals surface area contributed by atoms with E-state index < -0.39 is 6.10 Å². The molecule has 0 spiro atoms. The van der Waals surface area contributed by atoms with Crippen LogP contribution in [0.4, 0.5) is 0 Å². The van der Waals surface area contributed by atoms with E-state index in [1.165, 1.54) is 4.40 Å². The molecule has 3 rings (SSSR count). The van der Waals surface area contributed by atoms with Crippen molar-refractivity contribution in [1.29, 1.82) is 0 Å². The van der Waals surface area contributed by atoms with Gasteiger partial charge in [0.25, 0.3) is 5.56 Å². The first-order valence-corrected chi connectivity index (χ1v) is 7.90. The first-order chi connectivity index (χ1) is 11.1. The maximum atomic E-state index is 12.9. The fourth-order valence-corrected chi connectivity index (χ4v) is 2.76. The van der Waals surface area contributed by atoms with Crippen molar-refractivity contribution in [2.24, 2.45) is 0 Å². The zero-order valence-electron chi connectivity index (χ0n) is 12.7. The Morgan fingerprint density at radius 3 is 2.65 bits per heavy atom. The number of rotatable bonds is 4. The third-order valence-electron chi connectivity index (χ3n) is 3.84. The van der Waals surface area contributed by atoms with Gasteiger partial charge in [0, 0.05) is 18.2 Å². The molecule has 0 bridgehead atoms. The summed E-state index contributed by atoms with van der Waals surface area (Å²) in [4.78, 5) is 17.4. The van der Waals surface area contributed by atoms with Crippen LogP contribution in [0.2, 0.25) is 5.02 Å². The topological polar surface area (TPSA) is 54.6 Å². The van der Waals surface area contributed by atoms with Gasteiger partial charge >= 0.3 is 0 Å². The molecule has 23 heavy (non-hydrogen) atoms. The largest absolute Gasteiger partial charge is 0.387 e. The van der Waals surface area contributed by atoms with Crippen molar-refractivity contribution in [2.45, 2.75) is 25.9 Å². The predicted octanol–water partition coefficient (Wildman–Crippen LogP) is 3.38. The molecule has 0 saturated carbocycles. The Bertz CT molecular complexity index is 891. The van der Waals surface area contributed by atoms with Crippen LogP contribution < -0.4 is 5.56 Å². The summed E-state index contributed by atoms with van der Waals surface area (Å²) in [5.74, 6) is 0. The van der Waals surface area contributed by atoms with Gasteiger partial charge in [0.2, 0.25) is 0 Å². The highest BCUT2D eigenvalue weighted by Crippen LogP contribution is 2.20. The molecule has 118 valence electrons. The summed E-state index contributed by atoms with van der Waals surface area (Å²) in [6.45, 7) is 1.86.